The summed E-state index contributed by atoms with van der Waals surface area (Å²) in [5.41, 5.74) is 0.924. The van der Waals surface area contributed by atoms with Crippen LogP contribution in [0.3, 0.4) is 0 Å². The third kappa shape index (κ3) is 2.70. The average Bonchev–Trinajstić information content (AvgIpc) is 2.64. The van der Waals surface area contributed by atoms with Crippen molar-refractivity contribution in [1.82, 2.24) is 9.13 Å². The first-order chi connectivity index (χ1) is 8.49. The molecule has 0 spiro atoms. The third-order valence-electron chi connectivity index (χ3n) is 2.79. The Morgan fingerprint density at radius 1 is 1.33 bits per heavy atom. The Morgan fingerprint density at radius 2 is 2.06 bits per heavy atom. The lowest BCUT2D eigenvalue weighted by Crippen LogP contribution is -2.25. The van der Waals surface area contributed by atoms with Crippen LogP contribution in [-0.4, -0.2) is 9.13 Å². The smallest absolute Gasteiger partial charge is 0.297 e. The van der Waals surface area contributed by atoms with Crippen LogP contribution in [0.15, 0.2) is 39.9 Å². The van der Waals surface area contributed by atoms with E-state index in [4.69, 9.17) is 11.6 Å². The third-order valence-corrected chi connectivity index (χ3v) is 3.63. The van der Waals surface area contributed by atoms with Crippen molar-refractivity contribution in [3.8, 4) is 0 Å². The molecule has 1 heterocycles. The minimum Gasteiger partial charge on any atom is -0.297 e. The topological polar surface area (TPSA) is 26.9 Å². The van der Waals surface area contributed by atoms with E-state index in [9.17, 15) is 4.79 Å². The normalized spacial score (nSPS) is 11.2. The van der Waals surface area contributed by atoms with Crippen molar-refractivity contribution >= 4 is 27.5 Å². The highest BCUT2D eigenvalue weighted by Crippen LogP contribution is 2.21. The van der Waals surface area contributed by atoms with E-state index in [-0.39, 0.29) is 11.7 Å². The molecule has 0 saturated heterocycles. The van der Waals surface area contributed by atoms with E-state index in [0.717, 1.165) is 10.0 Å². The Kier molecular flexibility index (Phi) is 3.97. The highest BCUT2D eigenvalue weighted by molar-refractivity contribution is 9.10. The number of benzene rings is 1. The van der Waals surface area contributed by atoms with Crippen LogP contribution < -0.4 is 5.69 Å². The predicted octanol–water partition coefficient (Wildman–Crippen LogP) is 3.69. The molecule has 0 aliphatic carbocycles. The molecule has 96 valence electrons. The molecule has 0 atom stereocenters. The molecule has 2 aromatic rings. The predicted molar refractivity (Wildman–Crippen MR) is 77.3 cm³/mol. The molecular weight excluding hydrogens is 316 g/mol. The molecular formula is C13H14BrClN2O. The molecule has 0 saturated carbocycles. The largest absolute Gasteiger partial charge is 0.328 e. The van der Waals surface area contributed by atoms with Crippen molar-refractivity contribution in [2.24, 2.45) is 0 Å². The molecule has 0 amide bonds. The number of halogens is 2. The first-order valence-corrected chi connectivity index (χ1v) is 6.87. The molecule has 0 bridgehead atoms. The summed E-state index contributed by atoms with van der Waals surface area (Å²) < 4.78 is 4.30. The maximum Gasteiger partial charge on any atom is 0.328 e. The van der Waals surface area contributed by atoms with Crippen molar-refractivity contribution in [2.75, 3.05) is 0 Å². The van der Waals surface area contributed by atoms with Crippen LogP contribution in [0.4, 0.5) is 0 Å². The second-order valence-corrected chi connectivity index (χ2v) is 5.77. The Labute approximate surface area is 119 Å². The van der Waals surface area contributed by atoms with Crippen LogP contribution in [0.2, 0.25) is 5.02 Å². The molecule has 18 heavy (non-hydrogen) atoms. The molecule has 0 fully saturated rings. The maximum absolute atomic E-state index is 12.1. The van der Waals surface area contributed by atoms with E-state index in [2.05, 4.69) is 15.9 Å². The van der Waals surface area contributed by atoms with Crippen molar-refractivity contribution in [3.05, 3.63) is 56.1 Å². The Hall–Kier alpha value is -1.00. The maximum atomic E-state index is 12.1. The van der Waals surface area contributed by atoms with Crippen LogP contribution in [0, 0.1) is 0 Å². The summed E-state index contributed by atoms with van der Waals surface area (Å²) in [6, 6.07) is 5.85. The number of hydrogen-bond acceptors (Lipinski definition) is 1. The van der Waals surface area contributed by atoms with Crippen molar-refractivity contribution in [2.45, 2.75) is 26.4 Å². The van der Waals surface area contributed by atoms with E-state index in [1.165, 1.54) is 0 Å². The molecule has 1 aromatic heterocycles. The zero-order chi connectivity index (χ0) is 13.3. The first-order valence-electron chi connectivity index (χ1n) is 5.70. The zero-order valence-corrected chi connectivity index (χ0v) is 12.6. The second-order valence-electron chi connectivity index (χ2n) is 4.45. The summed E-state index contributed by atoms with van der Waals surface area (Å²) in [6.07, 6.45) is 3.60. The summed E-state index contributed by atoms with van der Waals surface area (Å²) in [5.74, 6) is 0. The van der Waals surface area contributed by atoms with Crippen LogP contribution >= 0.6 is 27.5 Å². The van der Waals surface area contributed by atoms with Gasteiger partial charge in [0, 0.05) is 27.9 Å². The van der Waals surface area contributed by atoms with Crippen molar-refractivity contribution in [3.63, 3.8) is 0 Å². The molecule has 0 radical (unpaired) electrons. The van der Waals surface area contributed by atoms with Crippen LogP contribution in [-0.2, 0) is 6.54 Å². The summed E-state index contributed by atoms with van der Waals surface area (Å²) in [7, 11) is 0. The number of imidazole rings is 1. The van der Waals surface area contributed by atoms with Crippen LogP contribution in [0.1, 0.15) is 25.5 Å². The minimum atomic E-state index is -0.0102. The van der Waals surface area contributed by atoms with Gasteiger partial charge in [-0.3, -0.25) is 9.13 Å². The molecule has 0 N–H and O–H groups in total. The quantitative estimate of drug-likeness (QED) is 0.843. The lowest BCUT2D eigenvalue weighted by Gasteiger charge is -2.06. The first kappa shape index (κ1) is 13.4. The zero-order valence-electron chi connectivity index (χ0n) is 10.2. The van der Waals surface area contributed by atoms with Gasteiger partial charge in [0.2, 0.25) is 0 Å². The van der Waals surface area contributed by atoms with Gasteiger partial charge in [-0.05, 0) is 31.5 Å². The molecule has 0 aliphatic rings. The van der Waals surface area contributed by atoms with E-state index >= 15 is 0 Å². The molecule has 2 rings (SSSR count). The van der Waals surface area contributed by atoms with E-state index in [1.54, 1.807) is 21.5 Å². The summed E-state index contributed by atoms with van der Waals surface area (Å²) in [5, 5.41) is 0.661. The number of nitrogens with zero attached hydrogens (tertiary/aromatic N) is 2. The van der Waals surface area contributed by atoms with Gasteiger partial charge in [-0.15, -0.1) is 0 Å². The standard InChI is InChI=1S/C13H14BrClN2O/c1-9(2)17-6-5-16(13(17)18)8-10-3-4-11(14)7-12(10)15/h3-7,9H,8H2,1-2H3. The van der Waals surface area contributed by atoms with Crippen LogP contribution in [0.5, 0.6) is 0 Å². The molecule has 3 nitrogen and oxygen atoms in total. The van der Waals surface area contributed by atoms with E-state index in [0.29, 0.717) is 11.6 Å². The summed E-state index contributed by atoms with van der Waals surface area (Å²) in [6.45, 7) is 4.46. The van der Waals surface area contributed by atoms with Gasteiger partial charge < -0.3 is 0 Å². The van der Waals surface area contributed by atoms with Gasteiger partial charge in [0.05, 0.1) is 6.54 Å². The number of hydrogen-bond donors (Lipinski definition) is 0. The van der Waals surface area contributed by atoms with Crippen molar-refractivity contribution in [1.29, 1.82) is 0 Å². The lowest BCUT2D eigenvalue weighted by molar-refractivity contribution is 0.561. The summed E-state index contributed by atoms with van der Waals surface area (Å²) in [4.78, 5) is 12.1. The highest BCUT2D eigenvalue weighted by atomic mass is 79.9. The van der Waals surface area contributed by atoms with Crippen LogP contribution in [0.25, 0.3) is 0 Å². The Morgan fingerprint density at radius 3 is 2.61 bits per heavy atom. The Bertz CT molecular complexity index is 616. The van der Waals surface area contributed by atoms with Gasteiger partial charge >= 0.3 is 5.69 Å². The number of rotatable bonds is 3. The molecule has 1 aromatic carbocycles. The fourth-order valence-corrected chi connectivity index (χ4v) is 2.51. The number of aromatic nitrogens is 2. The second kappa shape index (κ2) is 5.33. The van der Waals surface area contributed by atoms with Gasteiger partial charge in [0.25, 0.3) is 0 Å². The van der Waals surface area contributed by atoms with Gasteiger partial charge in [0.15, 0.2) is 0 Å². The fraction of sp³-hybridized carbons (Fsp3) is 0.308. The average molecular weight is 330 g/mol. The van der Waals surface area contributed by atoms with Gasteiger partial charge in [-0.2, -0.15) is 0 Å². The lowest BCUT2D eigenvalue weighted by atomic mass is 10.2. The highest BCUT2D eigenvalue weighted by Gasteiger charge is 2.08. The fourth-order valence-electron chi connectivity index (χ4n) is 1.77. The minimum absolute atomic E-state index is 0.0102. The van der Waals surface area contributed by atoms with Gasteiger partial charge in [0.1, 0.15) is 0 Å². The van der Waals surface area contributed by atoms with Crippen molar-refractivity contribution < 1.29 is 0 Å². The molecule has 0 aliphatic heterocycles. The van der Waals surface area contributed by atoms with E-state index < -0.39 is 0 Å². The SMILES string of the molecule is CC(C)n1ccn(Cc2ccc(Br)cc2Cl)c1=O. The van der Waals surface area contributed by atoms with E-state index in [1.807, 2.05) is 32.0 Å². The summed E-state index contributed by atoms with van der Waals surface area (Å²) >= 11 is 9.51. The monoisotopic (exact) mass is 328 g/mol. The molecule has 5 heteroatoms. The van der Waals surface area contributed by atoms with Gasteiger partial charge in [-0.1, -0.05) is 33.6 Å². The van der Waals surface area contributed by atoms with Gasteiger partial charge in [-0.25, -0.2) is 4.79 Å². The Balaban J connectivity index is 2.32. The molecule has 0 unspecified atom stereocenters.